The van der Waals surface area contributed by atoms with Crippen LogP contribution in [0.2, 0.25) is 0 Å². The molecule has 6 nitrogen and oxygen atoms in total. The molecule has 1 amide bonds. The molecule has 1 fully saturated rings. The maximum absolute atomic E-state index is 13.4. The first kappa shape index (κ1) is 19.3. The third-order valence-electron chi connectivity index (χ3n) is 4.63. The van der Waals surface area contributed by atoms with E-state index in [1.807, 2.05) is 0 Å². The Morgan fingerprint density at radius 2 is 1.81 bits per heavy atom. The first-order valence-corrected chi connectivity index (χ1v) is 9.90. The van der Waals surface area contributed by atoms with E-state index in [-0.39, 0.29) is 18.0 Å². The molecule has 0 spiro atoms. The van der Waals surface area contributed by atoms with Crippen LogP contribution in [0.3, 0.4) is 0 Å². The van der Waals surface area contributed by atoms with Crippen molar-refractivity contribution >= 4 is 15.9 Å². The number of piperazine rings is 1. The maximum atomic E-state index is 13.4. The van der Waals surface area contributed by atoms with Crippen LogP contribution < -0.4 is 10.1 Å². The van der Waals surface area contributed by atoms with E-state index in [2.05, 4.69) is 5.32 Å². The van der Waals surface area contributed by atoms with Crippen LogP contribution in [0.25, 0.3) is 0 Å². The molecule has 1 aliphatic heterocycles. The topological polar surface area (TPSA) is 75.7 Å². The largest absolute Gasteiger partial charge is 0.496 e. The lowest BCUT2D eigenvalue weighted by atomic mass is 10.0. The number of benzene rings is 2. The number of carbonyl (C=O) groups is 1. The maximum Gasteiger partial charge on any atom is 0.244 e. The van der Waals surface area contributed by atoms with E-state index in [1.54, 1.807) is 26.0 Å². The number of amides is 1. The number of hydrogen-bond donors (Lipinski definition) is 1. The Balaban J connectivity index is 2.09. The Morgan fingerprint density at radius 1 is 1.15 bits per heavy atom. The predicted octanol–water partition coefficient (Wildman–Crippen LogP) is 2.31. The van der Waals surface area contributed by atoms with Gasteiger partial charge in [-0.05, 0) is 54.8 Å². The van der Waals surface area contributed by atoms with Gasteiger partial charge < -0.3 is 10.1 Å². The molecule has 1 N–H and O–H groups in total. The summed E-state index contributed by atoms with van der Waals surface area (Å²) in [5.41, 5.74) is 1.63. The summed E-state index contributed by atoms with van der Waals surface area (Å²) in [7, 11) is -2.43. The third-order valence-corrected chi connectivity index (χ3v) is 6.64. The molecule has 27 heavy (non-hydrogen) atoms. The lowest BCUT2D eigenvalue weighted by Crippen LogP contribution is -2.52. The minimum absolute atomic E-state index is 0.126. The van der Waals surface area contributed by atoms with Crippen molar-refractivity contribution in [2.45, 2.75) is 24.8 Å². The van der Waals surface area contributed by atoms with Gasteiger partial charge in [0.05, 0.1) is 12.0 Å². The summed E-state index contributed by atoms with van der Waals surface area (Å²) in [6, 6.07) is 7.46. The Bertz CT molecular complexity index is 974. The molecule has 8 heteroatoms. The number of sulfonamides is 1. The molecule has 3 rings (SSSR count). The van der Waals surface area contributed by atoms with Crippen LogP contribution in [0.1, 0.15) is 22.7 Å². The van der Waals surface area contributed by atoms with Crippen LogP contribution in [0, 0.1) is 19.7 Å². The summed E-state index contributed by atoms with van der Waals surface area (Å²) in [6.07, 6.45) is 0. The van der Waals surface area contributed by atoms with E-state index in [0.717, 1.165) is 0 Å². The van der Waals surface area contributed by atoms with Gasteiger partial charge in [-0.2, -0.15) is 4.31 Å². The standard InChI is InChI=1S/C19H21FN2O4S/c1-12-11-17(13(2)10-16(12)26-3)27(24,25)22-9-8-21-19(23)18(22)14-4-6-15(20)7-5-14/h4-7,10-11,18H,8-9H2,1-3H3,(H,21,23). The molecule has 144 valence electrons. The highest BCUT2D eigenvalue weighted by molar-refractivity contribution is 7.89. The predicted molar refractivity (Wildman–Crippen MR) is 98.5 cm³/mol. The molecule has 0 bridgehead atoms. The highest BCUT2D eigenvalue weighted by Gasteiger charge is 2.40. The quantitative estimate of drug-likeness (QED) is 0.866. The van der Waals surface area contributed by atoms with Crippen molar-refractivity contribution in [3.8, 4) is 5.75 Å². The van der Waals surface area contributed by atoms with Crippen LogP contribution in [0.15, 0.2) is 41.3 Å². The summed E-state index contributed by atoms with van der Waals surface area (Å²) in [6.45, 7) is 3.79. The van der Waals surface area contributed by atoms with Gasteiger partial charge in [0.1, 0.15) is 17.6 Å². The van der Waals surface area contributed by atoms with Crippen molar-refractivity contribution in [1.29, 1.82) is 0 Å². The van der Waals surface area contributed by atoms with E-state index in [4.69, 9.17) is 4.74 Å². The van der Waals surface area contributed by atoms with Gasteiger partial charge in [-0.1, -0.05) is 12.1 Å². The second-order valence-corrected chi connectivity index (χ2v) is 8.31. The monoisotopic (exact) mass is 392 g/mol. The number of halogens is 1. The van der Waals surface area contributed by atoms with Gasteiger partial charge in [-0.15, -0.1) is 0 Å². The molecular weight excluding hydrogens is 371 g/mol. The average Bonchev–Trinajstić information content (AvgIpc) is 2.63. The molecule has 2 aromatic carbocycles. The van der Waals surface area contributed by atoms with Crippen molar-refractivity contribution in [2.24, 2.45) is 0 Å². The number of aryl methyl sites for hydroxylation is 2. The summed E-state index contributed by atoms with van der Waals surface area (Å²) in [5, 5.41) is 2.68. The summed E-state index contributed by atoms with van der Waals surface area (Å²) < 4.78 is 46.5. The van der Waals surface area contributed by atoms with Gasteiger partial charge in [0.15, 0.2) is 0 Å². The number of hydrogen-bond acceptors (Lipinski definition) is 4. The van der Waals surface area contributed by atoms with Crippen LogP contribution >= 0.6 is 0 Å². The lowest BCUT2D eigenvalue weighted by Gasteiger charge is -2.34. The molecule has 1 unspecified atom stereocenters. The SMILES string of the molecule is COc1cc(C)c(S(=O)(=O)N2CCNC(=O)C2c2ccc(F)cc2)cc1C. The highest BCUT2D eigenvalue weighted by Crippen LogP contribution is 2.33. The van der Waals surface area contributed by atoms with Crippen LogP contribution in [0.4, 0.5) is 4.39 Å². The van der Waals surface area contributed by atoms with Gasteiger partial charge in [0.2, 0.25) is 15.9 Å². The fraction of sp³-hybridized carbons (Fsp3) is 0.316. The Kier molecular flexibility index (Phi) is 5.21. The Labute approximate surface area is 158 Å². The zero-order valence-corrected chi connectivity index (χ0v) is 16.1. The van der Waals surface area contributed by atoms with E-state index < -0.39 is 27.8 Å². The molecule has 1 saturated heterocycles. The first-order valence-electron chi connectivity index (χ1n) is 8.46. The third kappa shape index (κ3) is 3.54. The summed E-state index contributed by atoms with van der Waals surface area (Å²) in [4.78, 5) is 12.6. The van der Waals surface area contributed by atoms with Crippen molar-refractivity contribution in [2.75, 3.05) is 20.2 Å². The van der Waals surface area contributed by atoms with E-state index >= 15 is 0 Å². The number of methoxy groups -OCH3 is 1. The molecule has 1 atom stereocenters. The number of carbonyl (C=O) groups excluding carboxylic acids is 1. The van der Waals surface area contributed by atoms with Crippen molar-refractivity contribution in [3.05, 3.63) is 58.9 Å². The zero-order valence-electron chi connectivity index (χ0n) is 15.3. The summed E-state index contributed by atoms with van der Waals surface area (Å²) >= 11 is 0. The normalized spacial score (nSPS) is 18.2. The molecule has 2 aromatic rings. The molecule has 1 aliphatic rings. The van der Waals surface area contributed by atoms with Crippen LogP contribution in [0.5, 0.6) is 5.75 Å². The second-order valence-electron chi connectivity index (χ2n) is 6.45. The average molecular weight is 392 g/mol. The first-order chi connectivity index (χ1) is 12.8. The zero-order chi connectivity index (χ0) is 19.8. The molecule has 1 heterocycles. The van der Waals surface area contributed by atoms with Gasteiger partial charge in [-0.25, -0.2) is 12.8 Å². The van der Waals surface area contributed by atoms with E-state index in [9.17, 15) is 17.6 Å². The van der Waals surface area contributed by atoms with Gasteiger partial charge in [-0.3, -0.25) is 4.79 Å². The number of nitrogens with one attached hydrogen (secondary N) is 1. The Hall–Kier alpha value is -2.45. The number of nitrogens with zero attached hydrogens (tertiary/aromatic N) is 1. The smallest absolute Gasteiger partial charge is 0.244 e. The van der Waals surface area contributed by atoms with Gasteiger partial charge in [0.25, 0.3) is 0 Å². The fourth-order valence-electron chi connectivity index (χ4n) is 3.25. The molecular formula is C19H21FN2O4S. The minimum Gasteiger partial charge on any atom is -0.496 e. The van der Waals surface area contributed by atoms with Crippen molar-refractivity contribution in [1.82, 2.24) is 9.62 Å². The van der Waals surface area contributed by atoms with Crippen molar-refractivity contribution in [3.63, 3.8) is 0 Å². The number of ether oxygens (including phenoxy) is 1. The number of rotatable bonds is 4. The highest BCUT2D eigenvalue weighted by atomic mass is 32.2. The summed E-state index contributed by atoms with van der Waals surface area (Å²) in [5.74, 6) is -0.289. The van der Waals surface area contributed by atoms with E-state index in [1.165, 1.54) is 35.7 Å². The van der Waals surface area contributed by atoms with Gasteiger partial charge in [0, 0.05) is 13.1 Å². The van der Waals surface area contributed by atoms with Crippen molar-refractivity contribution < 1.29 is 22.3 Å². The molecule has 0 saturated carbocycles. The molecule has 0 aromatic heterocycles. The van der Waals surface area contributed by atoms with Crippen LogP contribution in [-0.2, 0) is 14.8 Å². The Morgan fingerprint density at radius 3 is 2.44 bits per heavy atom. The van der Waals surface area contributed by atoms with Crippen LogP contribution in [-0.4, -0.2) is 38.8 Å². The lowest BCUT2D eigenvalue weighted by molar-refractivity contribution is -0.126. The fourth-order valence-corrected chi connectivity index (χ4v) is 5.13. The molecule has 0 aliphatic carbocycles. The minimum atomic E-state index is -3.96. The molecule has 0 radical (unpaired) electrons. The second kappa shape index (κ2) is 7.28. The van der Waals surface area contributed by atoms with E-state index in [0.29, 0.717) is 22.4 Å². The van der Waals surface area contributed by atoms with Gasteiger partial charge >= 0.3 is 0 Å².